The number of rotatable bonds is 8. The van der Waals surface area contributed by atoms with Crippen molar-refractivity contribution in [2.45, 2.75) is 33.4 Å². The number of carbonyl (C=O) groups is 1. The summed E-state index contributed by atoms with van der Waals surface area (Å²) in [5, 5.41) is 11.3. The first kappa shape index (κ1) is 25.4. The lowest BCUT2D eigenvalue weighted by Gasteiger charge is -2.29. The molecule has 0 bridgehead atoms. The molecule has 38 heavy (non-hydrogen) atoms. The van der Waals surface area contributed by atoms with Gasteiger partial charge in [-0.15, -0.1) is 0 Å². The summed E-state index contributed by atoms with van der Waals surface area (Å²) < 4.78 is 13.8. The Morgan fingerprint density at radius 1 is 1.05 bits per heavy atom. The fourth-order valence-electron chi connectivity index (χ4n) is 4.45. The van der Waals surface area contributed by atoms with Crippen molar-refractivity contribution in [3.63, 3.8) is 0 Å². The molecule has 0 unspecified atom stereocenters. The van der Waals surface area contributed by atoms with E-state index in [4.69, 9.17) is 21.1 Å². The van der Waals surface area contributed by atoms with E-state index >= 15 is 0 Å². The number of aryl methyl sites for hydroxylation is 1. The van der Waals surface area contributed by atoms with Crippen molar-refractivity contribution < 1.29 is 14.3 Å². The molecule has 9 heteroatoms. The van der Waals surface area contributed by atoms with E-state index < -0.39 is 6.04 Å². The largest absolute Gasteiger partial charge is 0.490 e. The van der Waals surface area contributed by atoms with Gasteiger partial charge in [-0.05, 0) is 56.2 Å². The maximum absolute atomic E-state index is 13.7. The summed E-state index contributed by atoms with van der Waals surface area (Å²) in [5.74, 6) is 1.47. The number of nitrogens with zero attached hydrogens (tertiary/aromatic N) is 3. The number of halogens is 1. The van der Waals surface area contributed by atoms with E-state index in [1.807, 2.05) is 87.5 Å². The first-order valence-corrected chi connectivity index (χ1v) is 12.7. The third kappa shape index (κ3) is 5.08. The van der Waals surface area contributed by atoms with Crippen LogP contribution >= 0.6 is 11.6 Å². The molecule has 0 spiro atoms. The molecule has 2 N–H and O–H groups in total. The molecule has 0 fully saturated rings. The van der Waals surface area contributed by atoms with Gasteiger partial charge in [0.2, 0.25) is 5.95 Å². The Morgan fingerprint density at radius 3 is 2.63 bits per heavy atom. The standard InChI is InChI=1S/C29H28ClN5O3/c1-4-37-25-15-20(13-14-24(25)38-16-21-10-6-7-11-22(21)30)27-26(19(3)33-29-31-17-32-35(27)29)28(36)34-23-12-8-5-9-18(23)2/h5-15,17,27H,4,16H2,1-3H3,(H,34,36)(H,31,32,33)/t27-/m1/s1. The second kappa shape index (κ2) is 11.0. The van der Waals surface area contributed by atoms with E-state index in [0.29, 0.717) is 47.0 Å². The van der Waals surface area contributed by atoms with Gasteiger partial charge in [0.25, 0.3) is 5.91 Å². The molecular formula is C29H28ClN5O3. The van der Waals surface area contributed by atoms with Crippen LogP contribution < -0.4 is 20.1 Å². The van der Waals surface area contributed by atoms with E-state index in [9.17, 15) is 4.79 Å². The summed E-state index contributed by atoms with van der Waals surface area (Å²) in [7, 11) is 0. The SMILES string of the molecule is CCOc1cc([C@@H]2C(C(=O)Nc3ccccc3C)=C(C)Nc3ncnn32)ccc1OCc1ccccc1Cl. The Bertz CT molecular complexity index is 1510. The van der Waals surface area contributed by atoms with Gasteiger partial charge in [-0.25, -0.2) is 4.68 Å². The number of aromatic nitrogens is 3. The van der Waals surface area contributed by atoms with Crippen LogP contribution in [-0.2, 0) is 11.4 Å². The first-order chi connectivity index (χ1) is 18.5. The lowest BCUT2D eigenvalue weighted by atomic mass is 9.94. The van der Waals surface area contributed by atoms with Gasteiger partial charge in [-0.3, -0.25) is 4.79 Å². The van der Waals surface area contributed by atoms with Gasteiger partial charge in [0.1, 0.15) is 19.0 Å². The molecule has 1 aromatic heterocycles. The normalized spacial score (nSPS) is 14.5. The highest BCUT2D eigenvalue weighted by atomic mass is 35.5. The third-order valence-corrected chi connectivity index (χ3v) is 6.73. The Labute approximate surface area is 226 Å². The summed E-state index contributed by atoms with van der Waals surface area (Å²) in [6.07, 6.45) is 1.47. The zero-order valence-corrected chi connectivity index (χ0v) is 22.1. The van der Waals surface area contributed by atoms with Crippen LogP contribution in [0.25, 0.3) is 0 Å². The van der Waals surface area contributed by atoms with Crippen LogP contribution in [0.3, 0.4) is 0 Å². The van der Waals surface area contributed by atoms with Gasteiger partial charge in [0, 0.05) is 22.0 Å². The van der Waals surface area contributed by atoms with Crippen LogP contribution in [0, 0.1) is 6.92 Å². The number of allylic oxidation sites excluding steroid dienone is 1. The fourth-order valence-corrected chi connectivity index (χ4v) is 4.64. The van der Waals surface area contributed by atoms with Crippen LogP contribution in [0.2, 0.25) is 5.02 Å². The van der Waals surface area contributed by atoms with Gasteiger partial charge in [-0.1, -0.05) is 54.1 Å². The smallest absolute Gasteiger partial charge is 0.255 e. The average Bonchev–Trinajstić information content (AvgIpc) is 3.37. The molecule has 2 heterocycles. The monoisotopic (exact) mass is 529 g/mol. The topological polar surface area (TPSA) is 90.3 Å². The molecule has 5 rings (SSSR count). The van der Waals surface area contributed by atoms with Crippen LogP contribution in [-0.4, -0.2) is 27.3 Å². The molecule has 1 aliphatic rings. The molecule has 194 valence electrons. The molecule has 4 aromatic rings. The highest BCUT2D eigenvalue weighted by molar-refractivity contribution is 6.31. The Morgan fingerprint density at radius 2 is 1.84 bits per heavy atom. The number of hydrogen-bond donors (Lipinski definition) is 2. The van der Waals surface area contributed by atoms with Crippen LogP contribution in [0.1, 0.15) is 36.6 Å². The van der Waals surface area contributed by atoms with Crippen molar-refractivity contribution in [3.8, 4) is 11.5 Å². The van der Waals surface area contributed by atoms with Crippen molar-refractivity contribution in [1.29, 1.82) is 0 Å². The second-order valence-corrected chi connectivity index (χ2v) is 9.29. The maximum atomic E-state index is 13.7. The molecule has 8 nitrogen and oxygen atoms in total. The van der Waals surface area contributed by atoms with E-state index in [-0.39, 0.29) is 5.91 Å². The van der Waals surface area contributed by atoms with Crippen molar-refractivity contribution in [3.05, 3.63) is 106 Å². The van der Waals surface area contributed by atoms with E-state index in [0.717, 1.165) is 22.4 Å². The molecular weight excluding hydrogens is 502 g/mol. The maximum Gasteiger partial charge on any atom is 0.255 e. The highest BCUT2D eigenvalue weighted by Crippen LogP contribution is 2.39. The van der Waals surface area contributed by atoms with Crippen molar-refractivity contribution >= 4 is 29.1 Å². The number of amides is 1. The number of fused-ring (bicyclic) bond motifs is 1. The van der Waals surface area contributed by atoms with Crippen molar-refractivity contribution in [2.75, 3.05) is 17.2 Å². The van der Waals surface area contributed by atoms with Crippen molar-refractivity contribution in [2.24, 2.45) is 0 Å². The predicted molar refractivity (Wildman–Crippen MR) is 148 cm³/mol. The van der Waals surface area contributed by atoms with Gasteiger partial charge in [-0.2, -0.15) is 10.1 Å². The van der Waals surface area contributed by atoms with Crippen molar-refractivity contribution in [1.82, 2.24) is 14.8 Å². The molecule has 3 aromatic carbocycles. The summed E-state index contributed by atoms with van der Waals surface area (Å²) in [6.45, 7) is 6.47. The molecule has 0 saturated heterocycles. The highest BCUT2D eigenvalue weighted by Gasteiger charge is 2.34. The Hall–Kier alpha value is -4.30. The Balaban J connectivity index is 1.50. The number of nitrogens with one attached hydrogen (secondary N) is 2. The molecule has 0 radical (unpaired) electrons. The van der Waals surface area contributed by atoms with Gasteiger partial charge >= 0.3 is 0 Å². The van der Waals surface area contributed by atoms with E-state index in [1.54, 1.807) is 4.68 Å². The third-order valence-electron chi connectivity index (χ3n) is 6.36. The minimum atomic E-state index is -0.533. The molecule has 1 amide bonds. The summed E-state index contributed by atoms with van der Waals surface area (Å²) in [6, 6.07) is 20.3. The summed E-state index contributed by atoms with van der Waals surface area (Å²) in [4.78, 5) is 18.0. The van der Waals surface area contributed by atoms with E-state index in [2.05, 4.69) is 20.7 Å². The van der Waals surface area contributed by atoms with Gasteiger partial charge in [0.05, 0.1) is 12.2 Å². The molecule has 0 saturated carbocycles. The minimum Gasteiger partial charge on any atom is -0.490 e. The minimum absolute atomic E-state index is 0.229. The fraction of sp³-hybridized carbons (Fsp3) is 0.207. The molecule has 1 aliphatic heterocycles. The number of carbonyl (C=O) groups excluding carboxylic acids is 1. The lowest BCUT2D eigenvalue weighted by Crippen LogP contribution is -2.31. The number of para-hydroxylation sites is 1. The Kier molecular flexibility index (Phi) is 7.33. The molecule has 0 aliphatic carbocycles. The van der Waals surface area contributed by atoms with Gasteiger partial charge < -0.3 is 20.1 Å². The predicted octanol–water partition coefficient (Wildman–Crippen LogP) is 6.15. The quantitative estimate of drug-likeness (QED) is 0.285. The van der Waals surface area contributed by atoms with Crippen LogP contribution in [0.4, 0.5) is 11.6 Å². The van der Waals surface area contributed by atoms with Gasteiger partial charge in [0.15, 0.2) is 11.5 Å². The summed E-state index contributed by atoms with van der Waals surface area (Å²) in [5.41, 5.74) is 4.62. The second-order valence-electron chi connectivity index (χ2n) is 8.88. The number of anilines is 2. The molecule has 1 atom stereocenters. The zero-order chi connectivity index (χ0) is 26.6. The van der Waals surface area contributed by atoms with Crippen LogP contribution in [0.5, 0.6) is 11.5 Å². The zero-order valence-electron chi connectivity index (χ0n) is 21.4. The average molecular weight is 530 g/mol. The van der Waals surface area contributed by atoms with Crippen LogP contribution in [0.15, 0.2) is 84.3 Å². The first-order valence-electron chi connectivity index (χ1n) is 12.3. The summed E-state index contributed by atoms with van der Waals surface area (Å²) >= 11 is 6.31. The van der Waals surface area contributed by atoms with E-state index in [1.165, 1.54) is 6.33 Å². The number of benzene rings is 3. The lowest BCUT2D eigenvalue weighted by molar-refractivity contribution is -0.113. The number of ether oxygens (including phenoxy) is 2. The number of hydrogen-bond acceptors (Lipinski definition) is 6.